The Kier molecular flexibility index (Phi) is 4.91. The van der Waals surface area contributed by atoms with Gasteiger partial charge in [-0.15, -0.1) is 0 Å². The number of nitro benzene ring substituents is 1. The zero-order valence-corrected chi connectivity index (χ0v) is 10.9. The van der Waals surface area contributed by atoms with Gasteiger partial charge in [0.15, 0.2) is 0 Å². The van der Waals surface area contributed by atoms with Crippen molar-refractivity contribution in [2.24, 2.45) is 0 Å². The Bertz CT molecular complexity index is 423. The lowest BCUT2D eigenvalue weighted by Gasteiger charge is -2.29. The molecule has 0 heterocycles. The van der Waals surface area contributed by atoms with Crippen LogP contribution in [-0.2, 0) is 4.74 Å². The number of ether oxygens (including phenoxy) is 1. The fourth-order valence-corrected chi connectivity index (χ4v) is 1.97. The number of nitrogens with zero attached hydrogens (tertiary/aromatic N) is 2. The first kappa shape index (κ1) is 14.2. The molecule has 6 nitrogen and oxygen atoms in total. The van der Waals surface area contributed by atoms with Crippen LogP contribution in [0.1, 0.15) is 13.8 Å². The molecule has 1 aromatic carbocycles. The number of hydrogen-bond acceptors (Lipinski definition) is 5. The number of anilines is 2. The standard InChI is InChI=1S/C12H19N3O3/c1-4-14(9(2)8-18-3)11-5-10(13)6-12(7-11)15(16)17/h5-7,9H,4,8,13H2,1-3H3. The Morgan fingerprint density at radius 1 is 1.50 bits per heavy atom. The molecular formula is C12H19N3O3. The highest BCUT2D eigenvalue weighted by molar-refractivity contribution is 5.63. The first-order valence-electron chi connectivity index (χ1n) is 5.80. The van der Waals surface area contributed by atoms with E-state index in [1.807, 2.05) is 18.7 Å². The van der Waals surface area contributed by atoms with E-state index in [0.717, 1.165) is 12.2 Å². The Balaban J connectivity index is 3.09. The monoisotopic (exact) mass is 253 g/mol. The fraction of sp³-hybridized carbons (Fsp3) is 0.500. The number of nitrogens with two attached hydrogens (primary N) is 1. The van der Waals surface area contributed by atoms with Gasteiger partial charge in [-0.25, -0.2) is 0 Å². The summed E-state index contributed by atoms with van der Waals surface area (Å²) >= 11 is 0. The Morgan fingerprint density at radius 2 is 2.17 bits per heavy atom. The van der Waals surface area contributed by atoms with Gasteiger partial charge in [0.1, 0.15) is 0 Å². The summed E-state index contributed by atoms with van der Waals surface area (Å²) in [6.45, 7) is 5.27. The minimum Gasteiger partial charge on any atom is -0.398 e. The van der Waals surface area contributed by atoms with Crippen LogP contribution in [0.25, 0.3) is 0 Å². The second-order valence-electron chi connectivity index (χ2n) is 4.13. The summed E-state index contributed by atoms with van der Waals surface area (Å²) in [7, 11) is 1.63. The molecule has 0 aliphatic carbocycles. The zero-order chi connectivity index (χ0) is 13.7. The van der Waals surface area contributed by atoms with Crippen molar-refractivity contribution in [2.45, 2.75) is 19.9 Å². The van der Waals surface area contributed by atoms with E-state index in [2.05, 4.69) is 0 Å². The summed E-state index contributed by atoms with van der Waals surface area (Å²) in [5.74, 6) is 0. The summed E-state index contributed by atoms with van der Waals surface area (Å²) in [6, 6.07) is 4.76. The summed E-state index contributed by atoms with van der Waals surface area (Å²) in [5, 5.41) is 10.8. The number of non-ortho nitro benzene ring substituents is 1. The molecule has 0 saturated carbocycles. The first-order chi connectivity index (χ1) is 8.49. The molecule has 0 saturated heterocycles. The maximum Gasteiger partial charge on any atom is 0.273 e. The lowest BCUT2D eigenvalue weighted by molar-refractivity contribution is -0.384. The number of nitrogen functional groups attached to an aromatic ring is 1. The summed E-state index contributed by atoms with van der Waals surface area (Å²) in [5.41, 5.74) is 6.84. The topological polar surface area (TPSA) is 81.6 Å². The van der Waals surface area contributed by atoms with Crippen LogP contribution >= 0.6 is 0 Å². The van der Waals surface area contributed by atoms with Gasteiger partial charge in [0.2, 0.25) is 0 Å². The molecule has 18 heavy (non-hydrogen) atoms. The van der Waals surface area contributed by atoms with Crippen LogP contribution in [0.3, 0.4) is 0 Å². The van der Waals surface area contributed by atoms with E-state index >= 15 is 0 Å². The number of likely N-dealkylation sites (N-methyl/N-ethyl adjacent to an activating group) is 1. The van der Waals surface area contributed by atoms with Gasteiger partial charge in [0.05, 0.1) is 11.5 Å². The highest BCUT2D eigenvalue weighted by Gasteiger charge is 2.16. The largest absolute Gasteiger partial charge is 0.398 e. The SMILES string of the molecule is CCN(c1cc(N)cc([N+](=O)[O-])c1)C(C)COC. The molecule has 2 N–H and O–H groups in total. The highest BCUT2D eigenvalue weighted by atomic mass is 16.6. The Hall–Kier alpha value is -1.82. The van der Waals surface area contributed by atoms with Crippen molar-refractivity contribution in [3.8, 4) is 0 Å². The summed E-state index contributed by atoms with van der Waals surface area (Å²) < 4.78 is 5.11. The van der Waals surface area contributed by atoms with Gasteiger partial charge >= 0.3 is 0 Å². The van der Waals surface area contributed by atoms with Gasteiger partial charge in [-0.3, -0.25) is 10.1 Å². The molecule has 1 rings (SSSR count). The molecule has 100 valence electrons. The van der Waals surface area contributed by atoms with Crippen molar-refractivity contribution < 1.29 is 9.66 Å². The number of nitro groups is 1. The minimum atomic E-state index is -0.436. The molecule has 0 radical (unpaired) electrons. The van der Waals surface area contributed by atoms with Gasteiger partial charge in [0, 0.05) is 43.2 Å². The molecule has 0 fully saturated rings. The van der Waals surface area contributed by atoms with Gasteiger partial charge in [-0.2, -0.15) is 0 Å². The second kappa shape index (κ2) is 6.20. The first-order valence-corrected chi connectivity index (χ1v) is 5.80. The average Bonchev–Trinajstić information content (AvgIpc) is 2.29. The van der Waals surface area contributed by atoms with E-state index in [1.54, 1.807) is 13.2 Å². The Morgan fingerprint density at radius 3 is 2.67 bits per heavy atom. The third-order valence-electron chi connectivity index (χ3n) is 2.75. The lowest BCUT2D eigenvalue weighted by atomic mass is 10.2. The number of hydrogen-bond donors (Lipinski definition) is 1. The van der Waals surface area contributed by atoms with Gasteiger partial charge in [-0.05, 0) is 19.9 Å². The maximum atomic E-state index is 10.8. The van der Waals surface area contributed by atoms with Crippen molar-refractivity contribution in [3.05, 3.63) is 28.3 Å². The van der Waals surface area contributed by atoms with Crippen molar-refractivity contribution in [2.75, 3.05) is 30.9 Å². The molecule has 1 unspecified atom stereocenters. The summed E-state index contributed by atoms with van der Waals surface area (Å²) in [4.78, 5) is 12.4. The van der Waals surface area contributed by atoms with Crippen molar-refractivity contribution in [3.63, 3.8) is 0 Å². The lowest BCUT2D eigenvalue weighted by Crippen LogP contribution is -2.36. The van der Waals surface area contributed by atoms with Crippen LogP contribution in [0.15, 0.2) is 18.2 Å². The number of methoxy groups -OCH3 is 1. The maximum absolute atomic E-state index is 10.8. The van der Waals surface area contributed by atoms with Crippen molar-refractivity contribution in [1.29, 1.82) is 0 Å². The van der Waals surface area contributed by atoms with E-state index in [9.17, 15) is 10.1 Å². The Labute approximate surface area is 106 Å². The van der Waals surface area contributed by atoms with E-state index in [4.69, 9.17) is 10.5 Å². The molecule has 0 spiro atoms. The third kappa shape index (κ3) is 3.33. The van der Waals surface area contributed by atoms with Crippen LogP contribution in [0.4, 0.5) is 17.1 Å². The van der Waals surface area contributed by atoms with E-state index in [-0.39, 0.29) is 11.7 Å². The second-order valence-corrected chi connectivity index (χ2v) is 4.13. The molecule has 0 amide bonds. The quantitative estimate of drug-likeness (QED) is 0.476. The van der Waals surface area contributed by atoms with Crippen LogP contribution in [0.2, 0.25) is 0 Å². The van der Waals surface area contributed by atoms with E-state index in [1.165, 1.54) is 12.1 Å². The van der Waals surface area contributed by atoms with E-state index in [0.29, 0.717) is 12.3 Å². The predicted molar refractivity (Wildman–Crippen MR) is 71.9 cm³/mol. The van der Waals surface area contributed by atoms with Gasteiger partial charge in [-0.1, -0.05) is 0 Å². The molecule has 1 aromatic rings. The summed E-state index contributed by atoms with van der Waals surface area (Å²) in [6.07, 6.45) is 0. The van der Waals surface area contributed by atoms with Crippen LogP contribution < -0.4 is 10.6 Å². The molecule has 0 bridgehead atoms. The molecule has 0 aliphatic heterocycles. The number of benzene rings is 1. The normalized spacial score (nSPS) is 12.2. The average molecular weight is 253 g/mol. The molecule has 0 aliphatic rings. The highest BCUT2D eigenvalue weighted by Crippen LogP contribution is 2.26. The minimum absolute atomic E-state index is 0.00747. The zero-order valence-electron chi connectivity index (χ0n) is 10.9. The van der Waals surface area contributed by atoms with Gasteiger partial charge in [0.25, 0.3) is 5.69 Å². The molecule has 1 atom stereocenters. The van der Waals surface area contributed by atoms with E-state index < -0.39 is 4.92 Å². The van der Waals surface area contributed by atoms with Gasteiger partial charge < -0.3 is 15.4 Å². The molecular weight excluding hydrogens is 234 g/mol. The molecule has 0 aromatic heterocycles. The fourth-order valence-electron chi connectivity index (χ4n) is 1.97. The van der Waals surface area contributed by atoms with Crippen molar-refractivity contribution in [1.82, 2.24) is 0 Å². The smallest absolute Gasteiger partial charge is 0.273 e. The van der Waals surface area contributed by atoms with Crippen LogP contribution in [0.5, 0.6) is 0 Å². The third-order valence-corrected chi connectivity index (χ3v) is 2.75. The number of rotatable bonds is 6. The van der Waals surface area contributed by atoms with Crippen LogP contribution in [-0.4, -0.2) is 31.2 Å². The predicted octanol–water partition coefficient (Wildman–Crippen LogP) is 2.04. The van der Waals surface area contributed by atoms with Crippen molar-refractivity contribution >= 4 is 17.1 Å². The molecule has 6 heteroatoms. The van der Waals surface area contributed by atoms with Crippen LogP contribution in [0, 0.1) is 10.1 Å².